The van der Waals surface area contributed by atoms with E-state index in [0.717, 1.165) is 12.8 Å². The van der Waals surface area contributed by atoms with Gasteiger partial charge in [-0.3, -0.25) is 4.79 Å². The molecule has 0 aromatic carbocycles. The Bertz CT molecular complexity index is 383. The van der Waals surface area contributed by atoms with Gasteiger partial charge in [-0.15, -0.1) is 0 Å². The van der Waals surface area contributed by atoms with Gasteiger partial charge in [0.15, 0.2) is 0 Å². The van der Waals surface area contributed by atoms with Crippen LogP contribution < -0.4 is 5.32 Å². The zero-order valence-corrected chi connectivity index (χ0v) is 13.0. The lowest BCUT2D eigenvalue weighted by Crippen LogP contribution is -2.35. The van der Waals surface area contributed by atoms with Crippen LogP contribution in [0.4, 0.5) is 0 Å². The summed E-state index contributed by atoms with van der Waals surface area (Å²) in [5.74, 6) is -0.306. The summed E-state index contributed by atoms with van der Waals surface area (Å²) in [7, 11) is 0. The highest BCUT2D eigenvalue weighted by Gasteiger charge is 2.14. The van der Waals surface area contributed by atoms with Crippen LogP contribution in [0.3, 0.4) is 0 Å². The second-order valence-corrected chi connectivity index (χ2v) is 5.42. The van der Waals surface area contributed by atoms with E-state index < -0.39 is 12.0 Å². The van der Waals surface area contributed by atoms with E-state index in [0.29, 0.717) is 25.2 Å². The van der Waals surface area contributed by atoms with Crippen LogP contribution >= 0.6 is 0 Å². The van der Waals surface area contributed by atoms with Gasteiger partial charge in [-0.05, 0) is 37.2 Å². The van der Waals surface area contributed by atoms with E-state index in [4.69, 9.17) is 5.11 Å². The molecule has 0 aliphatic carbocycles. The van der Waals surface area contributed by atoms with Crippen molar-refractivity contribution in [2.75, 3.05) is 0 Å². The summed E-state index contributed by atoms with van der Waals surface area (Å²) in [6.45, 7) is 8.13. The number of hydrogen-bond acceptors (Lipinski definition) is 2. The predicted molar refractivity (Wildman–Crippen MR) is 86.0 cm³/mol. The van der Waals surface area contributed by atoms with Crippen LogP contribution in [-0.2, 0) is 9.59 Å². The lowest BCUT2D eigenvalue weighted by molar-refractivity contribution is -0.140. The number of rotatable bonds is 12. The van der Waals surface area contributed by atoms with E-state index in [2.05, 4.69) is 25.7 Å². The predicted octanol–water partition coefficient (Wildman–Crippen LogP) is 3.46. The molecule has 21 heavy (non-hydrogen) atoms. The molecular weight excluding hydrogens is 266 g/mol. The molecule has 0 radical (unpaired) electrons. The molecular formula is C17H27NO3. The van der Waals surface area contributed by atoms with E-state index in [1.165, 1.54) is 12.0 Å². The van der Waals surface area contributed by atoms with Gasteiger partial charge >= 0.3 is 5.97 Å². The second kappa shape index (κ2) is 11.9. The van der Waals surface area contributed by atoms with E-state index in [1.807, 2.05) is 18.2 Å². The molecule has 4 heteroatoms. The quantitative estimate of drug-likeness (QED) is 0.428. The van der Waals surface area contributed by atoms with Gasteiger partial charge in [-0.1, -0.05) is 51.2 Å². The summed E-state index contributed by atoms with van der Waals surface area (Å²) in [5.41, 5.74) is 1.20. The second-order valence-electron chi connectivity index (χ2n) is 5.42. The van der Waals surface area contributed by atoms with E-state index in [9.17, 15) is 9.59 Å². The number of allylic oxidation sites excluding steroid dienone is 5. The molecule has 0 saturated heterocycles. The van der Waals surface area contributed by atoms with Crippen molar-refractivity contribution in [3.05, 3.63) is 36.5 Å². The number of hydrogen-bond donors (Lipinski definition) is 2. The van der Waals surface area contributed by atoms with Crippen LogP contribution in [0.1, 0.15) is 46.0 Å². The molecule has 0 bridgehead atoms. The van der Waals surface area contributed by atoms with Crippen molar-refractivity contribution in [2.24, 2.45) is 5.92 Å². The Hall–Kier alpha value is -1.84. The maximum Gasteiger partial charge on any atom is 0.326 e. The number of aliphatic carboxylic acids is 1. The fourth-order valence-electron chi connectivity index (χ4n) is 1.95. The minimum Gasteiger partial charge on any atom is -0.480 e. The Balaban J connectivity index is 4.26. The average molecular weight is 293 g/mol. The topological polar surface area (TPSA) is 66.4 Å². The van der Waals surface area contributed by atoms with Gasteiger partial charge in [0.2, 0.25) is 6.41 Å². The third-order valence-electron chi connectivity index (χ3n) is 3.10. The van der Waals surface area contributed by atoms with Crippen LogP contribution in [0.5, 0.6) is 0 Å². The number of carboxylic acids is 1. The Kier molecular flexibility index (Phi) is 10.9. The molecule has 1 amide bonds. The van der Waals surface area contributed by atoms with Crippen LogP contribution in [0.2, 0.25) is 0 Å². The van der Waals surface area contributed by atoms with Gasteiger partial charge in [0.1, 0.15) is 6.04 Å². The summed E-state index contributed by atoms with van der Waals surface area (Å²) >= 11 is 0. The van der Waals surface area contributed by atoms with Crippen LogP contribution in [0, 0.1) is 5.92 Å². The van der Waals surface area contributed by atoms with E-state index in [-0.39, 0.29) is 0 Å². The van der Waals surface area contributed by atoms with Gasteiger partial charge in [0.25, 0.3) is 0 Å². The number of carbonyl (C=O) groups is 2. The van der Waals surface area contributed by atoms with Gasteiger partial charge in [0, 0.05) is 0 Å². The van der Waals surface area contributed by atoms with Gasteiger partial charge in [0.05, 0.1) is 0 Å². The zero-order chi connectivity index (χ0) is 16.1. The summed E-state index contributed by atoms with van der Waals surface area (Å²) in [5, 5.41) is 11.2. The third kappa shape index (κ3) is 10.6. The number of nitrogens with one attached hydrogen (secondary N) is 1. The zero-order valence-electron chi connectivity index (χ0n) is 13.0. The molecule has 0 aliphatic rings. The first-order valence-corrected chi connectivity index (χ1v) is 7.41. The first-order valence-electron chi connectivity index (χ1n) is 7.41. The van der Waals surface area contributed by atoms with Crippen LogP contribution in [0.15, 0.2) is 36.5 Å². The molecule has 0 aromatic rings. The molecule has 0 aromatic heterocycles. The molecule has 0 saturated carbocycles. The Morgan fingerprint density at radius 2 is 2.05 bits per heavy atom. The van der Waals surface area contributed by atoms with Crippen molar-refractivity contribution < 1.29 is 14.7 Å². The van der Waals surface area contributed by atoms with Crippen molar-refractivity contribution in [3.8, 4) is 0 Å². The van der Waals surface area contributed by atoms with Crippen molar-refractivity contribution in [1.29, 1.82) is 0 Å². The normalized spacial score (nSPS) is 13.4. The summed E-state index contributed by atoms with van der Waals surface area (Å²) in [6.07, 6.45) is 12.5. The molecule has 2 N–H and O–H groups in total. The number of carbonyl (C=O) groups excluding carboxylic acids is 1. The fourth-order valence-corrected chi connectivity index (χ4v) is 1.95. The number of amides is 1. The Morgan fingerprint density at radius 3 is 2.57 bits per heavy atom. The van der Waals surface area contributed by atoms with E-state index in [1.54, 1.807) is 6.08 Å². The monoisotopic (exact) mass is 293 g/mol. The molecule has 0 unspecified atom stereocenters. The van der Waals surface area contributed by atoms with Crippen molar-refractivity contribution in [2.45, 2.75) is 52.0 Å². The van der Waals surface area contributed by atoms with Crippen molar-refractivity contribution in [1.82, 2.24) is 5.32 Å². The minimum atomic E-state index is -1.01. The Labute approximate surface area is 127 Å². The Morgan fingerprint density at radius 1 is 1.33 bits per heavy atom. The molecule has 0 rings (SSSR count). The summed E-state index contributed by atoms with van der Waals surface area (Å²) in [4.78, 5) is 21.2. The molecule has 0 spiro atoms. The van der Waals surface area contributed by atoms with Crippen LogP contribution in [0.25, 0.3) is 0 Å². The SMILES string of the molecule is C=C/C=C(\C=C/CC[C@H](NC=O)C(=O)O)CCCC(C)C. The average Bonchev–Trinajstić information content (AvgIpc) is 2.41. The summed E-state index contributed by atoms with van der Waals surface area (Å²) in [6, 6.07) is -0.820. The first kappa shape index (κ1) is 19.2. The lowest BCUT2D eigenvalue weighted by atomic mass is 10.0. The van der Waals surface area contributed by atoms with Crippen LogP contribution in [-0.4, -0.2) is 23.5 Å². The highest BCUT2D eigenvalue weighted by atomic mass is 16.4. The molecule has 0 aliphatic heterocycles. The largest absolute Gasteiger partial charge is 0.480 e. The maximum atomic E-state index is 10.9. The minimum absolute atomic E-state index is 0.387. The summed E-state index contributed by atoms with van der Waals surface area (Å²) < 4.78 is 0. The molecule has 118 valence electrons. The highest BCUT2D eigenvalue weighted by molar-refractivity contribution is 5.76. The van der Waals surface area contributed by atoms with Gasteiger partial charge in [-0.25, -0.2) is 4.79 Å². The smallest absolute Gasteiger partial charge is 0.326 e. The first-order chi connectivity index (χ1) is 10.0. The molecule has 0 heterocycles. The third-order valence-corrected chi connectivity index (χ3v) is 3.10. The molecule has 1 atom stereocenters. The fraction of sp³-hybridized carbons (Fsp3) is 0.529. The van der Waals surface area contributed by atoms with Gasteiger partial charge < -0.3 is 10.4 Å². The highest BCUT2D eigenvalue weighted by Crippen LogP contribution is 2.14. The molecule has 4 nitrogen and oxygen atoms in total. The standard InChI is InChI=1S/C17H27NO3/c1-4-8-15(11-7-9-14(2)3)10-5-6-12-16(17(20)21)18-13-19/h4-5,8,10,13-14,16H,1,6-7,9,11-12H2,2-3H3,(H,18,19)(H,20,21)/b10-5-,15-8+/t16-/m0/s1. The van der Waals surface area contributed by atoms with Crippen molar-refractivity contribution >= 4 is 12.4 Å². The lowest BCUT2D eigenvalue weighted by Gasteiger charge is -2.09. The molecule has 0 fully saturated rings. The number of carboxylic acid groups (broad SMARTS) is 1. The maximum absolute atomic E-state index is 10.9. The van der Waals surface area contributed by atoms with Gasteiger partial charge in [-0.2, -0.15) is 0 Å². The van der Waals surface area contributed by atoms with Crippen molar-refractivity contribution in [3.63, 3.8) is 0 Å². The van der Waals surface area contributed by atoms with E-state index >= 15 is 0 Å².